The maximum atomic E-state index is 13.8. The van der Waals surface area contributed by atoms with Crippen molar-refractivity contribution < 1.29 is 100.0 Å². The molecule has 1 aliphatic carbocycles. The molecule has 2 aliphatic heterocycles. The van der Waals surface area contributed by atoms with Crippen molar-refractivity contribution in [1.29, 1.82) is 0 Å². The van der Waals surface area contributed by atoms with Crippen LogP contribution in [0, 0.1) is 0 Å². The van der Waals surface area contributed by atoms with Crippen LogP contribution in [0.2, 0.25) is 0 Å². The summed E-state index contributed by atoms with van der Waals surface area (Å²) in [6, 6.07) is 12.1. The number of rotatable bonds is 18. The highest BCUT2D eigenvalue weighted by molar-refractivity contribution is 5.82. The van der Waals surface area contributed by atoms with E-state index in [0.717, 1.165) is 70.7 Å². The number of nitrogens with one attached hydrogen (secondary N) is 2. The van der Waals surface area contributed by atoms with Crippen molar-refractivity contribution in [3.8, 4) is 11.1 Å². The summed E-state index contributed by atoms with van der Waals surface area (Å²) in [4.78, 5) is 115. The number of alkyl carbamates (subject to hydrolysis) is 1. The van der Waals surface area contributed by atoms with Gasteiger partial charge in [-0.2, -0.15) is 0 Å². The summed E-state index contributed by atoms with van der Waals surface area (Å²) in [6.45, 7) is 9.98. The number of carbonyl (C=O) groups is 9. The average molecular weight is 1000 g/mol. The molecule has 0 bridgehead atoms. The van der Waals surface area contributed by atoms with Gasteiger partial charge in [0.1, 0.15) is 49.8 Å². The highest BCUT2D eigenvalue weighted by Crippen LogP contribution is 2.44. The van der Waals surface area contributed by atoms with E-state index in [-0.39, 0.29) is 12.5 Å². The van der Waals surface area contributed by atoms with Gasteiger partial charge in [-0.1, -0.05) is 48.5 Å². The Bertz CT molecular complexity index is 2250. The lowest BCUT2D eigenvalue weighted by Gasteiger charge is -2.49. The summed E-state index contributed by atoms with van der Waals surface area (Å²) in [5, 5.41) is 5.12. The van der Waals surface area contributed by atoms with E-state index in [1.165, 1.54) is 0 Å². The van der Waals surface area contributed by atoms with E-state index in [4.69, 9.17) is 56.8 Å². The quantitative estimate of drug-likeness (QED) is 0.160. The maximum Gasteiger partial charge on any atom is 0.407 e. The number of fused-ring (bicyclic) bond motifs is 3. The Morgan fingerprint density at radius 1 is 0.563 bits per heavy atom. The molecule has 3 aliphatic rings. The zero-order valence-corrected chi connectivity index (χ0v) is 40.9. The second-order valence-electron chi connectivity index (χ2n) is 17.7. The Hall–Kier alpha value is -6.69. The molecule has 2 heterocycles. The second-order valence-corrected chi connectivity index (χ2v) is 17.7. The molecule has 0 aromatic heterocycles. The fourth-order valence-corrected chi connectivity index (χ4v) is 8.23. The zero-order chi connectivity index (χ0) is 52.3. The molecule has 0 saturated carbocycles. The van der Waals surface area contributed by atoms with Crippen molar-refractivity contribution in [3.05, 3.63) is 59.7 Å². The Balaban J connectivity index is 1.52. The zero-order valence-electron chi connectivity index (χ0n) is 40.9. The standard InChI is InChI=1S/C48H60N2O21/c1-23(51)49-38-41(70-46-43(67-29(7)57)42(66-28(6)56)40(65-27(5)55)37(69-46)22-61-25(3)53)39(64-26(4)54)36(21-60-24(2)52)68-45(38)62-20-35(44(58)71-48(8,9)10)50-47(59)63-19-34-32-17-13-11-15-30(32)31-16-12-14-18-33(31)34/h11-18,34-43,45-46H,19-22H2,1-10H3,(H,49,51)(H,50,59)/t35-,36?,37?,38?,39-,40-,41+,42-,43?,45-,46-/m0/s1. The number of amides is 2. The molecule has 2 fully saturated rings. The molecule has 2 saturated heterocycles. The Kier molecular flexibility index (Phi) is 19.0. The lowest BCUT2D eigenvalue weighted by molar-refractivity contribution is -0.347. The van der Waals surface area contributed by atoms with Crippen LogP contribution < -0.4 is 10.6 Å². The smallest absolute Gasteiger partial charge is 0.407 e. The summed E-state index contributed by atoms with van der Waals surface area (Å²) in [5.41, 5.74) is 2.76. The molecule has 388 valence electrons. The predicted octanol–water partition coefficient (Wildman–Crippen LogP) is 2.44. The van der Waals surface area contributed by atoms with Crippen LogP contribution in [-0.2, 0) is 95.2 Å². The summed E-state index contributed by atoms with van der Waals surface area (Å²) in [6.07, 6.45) is -16.2. The predicted molar refractivity (Wildman–Crippen MR) is 239 cm³/mol. The largest absolute Gasteiger partial charge is 0.463 e. The Morgan fingerprint density at radius 2 is 1.03 bits per heavy atom. The summed E-state index contributed by atoms with van der Waals surface area (Å²) < 4.78 is 69.3. The fraction of sp³-hybridized carbons (Fsp3) is 0.562. The lowest BCUT2D eigenvalue weighted by Crippen LogP contribution is -2.69. The summed E-state index contributed by atoms with van der Waals surface area (Å²) >= 11 is 0. The molecule has 2 aromatic carbocycles. The first-order valence-corrected chi connectivity index (χ1v) is 22.6. The maximum absolute atomic E-state index is 13.8. The van der Waals surface area contributed by atoms with Gasteiger partial charge in [-0.3, -0.25) is 33.6 Å². The van der Waals surface area contributed by atoms with Crippen LogP contribution >= 0.6 is 0 Å². The van der Waals surface area contributed by atoms with E-state index in [0.29, 0.717) is 0 Å². The van der Waals surface area contributed by atoms with Gasteiger partial charge in [0.05, 0.1) is 6.61 Å². The van der Waals surface area contributed by atoms with Gasteiger partial charge in [0, 0.05) is 54.4 Å². The third-order valence-electron chi connectivity index (χ3n) is 10.8. The van der Waals surface area contributed by atoms with E-state index in [1.54, 1.807) is 20.8 Å². The number of esters is 7. The van der Waals surface area contributed by atoms with Crippen LogP contribution in [0.4, 0.5) is 4.79 Å². The molecule has 2 N–H and O–H groups in total. The molecule has 5 rings (SSSR count). The number of carbonyl (C=O) groups excluding carboxylic acids is 9. The van der Waals surface area contributed by atoms with E-state index < -0.39 is 147 Å². The molecule has 2 amide bonds. The Morgan fingerprint density at radius 3 is 1.51 bits per heavy atom. The second kappa shape index (κ2) is 24.4. The van der Waals surface area contributed by atoms with Crippen LogP contribution in [-0.4, -0.2) is 153 Å². The molecule has 0 radical (unpaired) electrons. The minimum Gasteiger partial charge on any atom is -0.463 e. The molecular weight excluding hydrogens is 941 g/mol. The van der Waals surface area contributed by atoms with E-state index in [9.17, 15) is 43.2 Å². The molecule has 0 spiro atoms. The first kappa shape index (κ1) is 55.2. The third-order valence-corrected chi connectivity index (χ3v) is 10.8. The normalized spacial score (nSPS) is 25.1. The van der Waals surface area contributed by atoms with Crippen molar-refractivity contribution in [2.75, 3.05) is 26.4 Å². The molecule has 23 nitrogen and oxygen atoms in total. The van der Waals surface area contributed by atoms with Crippen LogP contribution in [0.15, 0.2) is 48.5 Å². The van der Waals surface area contributed by atoms with E-state index in [1.807, 2.05) is 48.5 Å². The van der Waals surface area contributed by atoms with Crippen molar-refractivity contribution >= 4 is 53.8 Å². The molecule has 2 aromatic rings. The molecule has 23 heteroatoms. The van der Waals surface area contributed by atoms with Crippen LogP contribution in [0.1, 0.15) is 86.3 Å². The molecular formula is C48H60N2O21. The van der Waals surface area contributed by atoms with E-state index in [2.05, 4.69) is 10.6 Å². The topological polar surface area (TPSA) is 288 Å². The highest BCUT2D eigenvalue weighted by atomic mass is 16.8. The monoisotopic (exact) mass is 1000 g/mol. The van der Waals surface area contributed by atoms with Gasteiger partial charge in [-0.25, -0.2) is 9.59 Å². The van der Waals surface area contributed by atoms with Crippen molar-refractivity contribution in [2.24, 2.45) is 0 Å². The van der Waals surface area contributed by atoms with Crippen LogP contribution in [0.3, 0.4) is 0 Å². The third kappa shape index (κ3) is 15.4. The van der Waals surface area contributed by atoms with Gasteiger partial charge in [-0.05, 0) is 43.0 Å². The van der Waals surface area contributed by atoms with Crippen LogP contribution in [0.5, 0.6) is 0 Å². The van der Waals surface area contributed by atoms with Crippen molar-refractivity contribution in [2.45, 2.75) is 148 Å². The first-order valence-electron chi connectivity index (χ1n) is 22.6. The van der Waals surface area contributed by atoms with Gasteiger partial charge in [0.2, 0.25) is 5.91 Å². The molecule has 71 heavy (non-hydrogen) atoms. The van der Waals surface area contributed by atoms with Gasteiger partial charge in [-0.15, -0.1) is 0 Å². The van der Waals surface area contributed by atoms with Gasteiger partial charge >= 0.3 is 47.9 Å². The molecule has 4 unspecified atom stereocenters. The lowest BCUT2D eigenvalue weighted by atomic mass is 9.94. The SMILES string of the molecule is CC(=O)NC1[C@@H](OC[C@H](NC(=O)OCC2c3ccccc3-c3ccccc32)C(=O)OC(C)(C)C)OC(COC(C)=O)[C@H](OC(C)=O)[C@@H]1O[C@@H]1OC(COC(C)=O)[C@H](OC(C)=O)[C@H](OC(C)=O)C1OC(C)=O. The number of hydrogen-bond donors (Lipinski definition) is 2. The first-order chi connectivity index (χ1) is 33.4. The van der Waals surface area contributed by atoms with Gasteiger partial charge < -0.3 is 67.5 Å². The number of ether oxygens (including phenoxy) is 12. The highest BCUT2D eigenvalue weighted by Gasteiger charge is 2.57. The summed E-state index contributed by atoms with van der Waals surface area (Å²) in [5.74, 6) is -7.41. The number of hydrogen-bond acceptors (Lipinski definition) is 21. The average Bonchev–Trinajstić information content (AvgIpc) is 3.58. The van der Waals surface area contributed by atoms with Crippen LogP contribution in [0.25, 0.3) is 11.1 Å². The van der Waals surface area contributed by atoms with Crippen molar-refractivity contribution in [1.82, 2.24) is 10.6 Å². The summed E-state index contributed by atoms with van der Waals surface area (Å²) in [7, 11) is 0. The number of benzene rings is 2. The van der Waals surface area contributed by atoms with Gasteiger partial charge in [0.15, 0.2) is 43.0 Å². The van der Waals surface area contributed by atoms with E-state index >= 15 is 0 Å². The minimum absolute atomic E-state index is 0.119. The minimum atomic E-state index is -1.92. The van der Waals surface area contributed by atoms with Crippen molar-refractivity contribution in [3.63, 3.8) is 0 Å². The molecule has 11 atom stereocenters. The van der Waals surface area contributed by atoms with Gasteiger partial charge in [0.25, 0.3) is 0 Å². The fourth-order valence-electron chi connectivity index (χ4n) is 8.23. The Labute approximate surface area is 409 Å².